The molecule has 0 spiro atoms. The van der Waals surface area contributed by atoms with Crippen molar-refractivity contribution in [1.82, 2.24) is 0 Å². The smallest absolute Gasteiger partial charge is 0.333 e. The highest BCUT2D eigenvalue weighted by atomic mass is 16.5. The third-order valence-electron chi connectivity index (χ3n) is 6.17. The summed E-state index contributed by atoms with van der Waals surface area (Å²) in [6.45, 7) is 9.62. The predicted molar refractivity (Wildman–Crippen MR) is 79.4 cm³/mol. The van der Waals surface area contributed by atoms with Gasteiger partial charge in [-0.15, -0.1) is 0 Å². The Kier molecular flexibility index (Phi) is 4.29. The lowest BCUT2D eigenvalue weighted by Gasteiger charge is -2.38. The molecule has 0 aromatic heterocycles. The van der Waals surface area contributed by atoms with Crippen molar-refractivity contribution in [3.05, 3.63) is 11.6 Å². The maximum Gasteiger partial charge on any atom is 0.333 e. The monoisotopic (exact) mass is 280 g/mol. The molecular weight excluding hydrogens is 252 g/mol. The normalized spacial score (nSPS) is 35.4. The van der Waals surface area contributed by atoms with Crippen LogP contribution in [0.4, 0.5) is 0 Å². The Labute approximate surface area is 122 Å². The number of hydrogen-bond donors (Lipinski definition) is 0. The summed E-state index contributed by atoms with van der Waals surface area (Å²) in [5, 5.41) is 0. The fourth-order valence-electron chi connectivity index (χ4n) is 4.15. The summed E-state index contributed by atoms with van der Waals surface area (Å²) in [6.07, 6.45) is 6.65. The molecule has 0 radical (unpaired) electrons. The molecule has 0 N–H and O–H groups in total. The minimum atomic E-state index is -0.240. The first kappa shape index (κ1) is 15.6. The molecule has 3 unspecified atom stereocenters. The lowest BCUT2D eigenvalue weighted by atomic mass is 9.70. The molecule has 0 heterocycles. The molecule has 20 heavy (non-hydrogen) atoms. The third kappa shape index (κ3) is 2.30. The molecule has 3 atom stereocenters. The highest BCUT2D eigenvalue weighted by Crippen LogP contribution is 2.66. The molecule has 3 nitrogen and oxygen atoms in total. The Bertz CT molecular complexity index is 410. The van der Waals surface area contributed by atoms with Crippen LogP contribution in [-0.4, -0.2) is 25.8 Å². The van der Waals surface area contributed by atoms with Crippen LogP contribution in [0, 0.1) is 16.7 Å². The maximum absolute atomic E-state index is 11.5. The number of ether oxygens (including phenoxy) is 2. The van der Waals surface area contributed by atoms with E-state index in [0.29, 0.717) is 30.1 Å². The summed E-state index contributed by atoms with van der Waals surface area (Å²) < 4.78 is 10.9. The zero-order chi connectivity index (χ0) is 15.0. The molecule has 0 amide bonds. The SMILES string of the molecule is CCC(=CCOC1CC2CCC1(C)C2(C)C)C(=O)OC. The highest BCUT2D eigenvalue weighted by Gasteiger charge is 2.61. The van der Waals surface area contributed by atoms with Gasteiger partial charge in [0, 0.05) is 5.57 Å². The number of methoxy groups -OCH3 is 1. The van der Waals surface area contributed by atoms with E-state index in [0.717, 1.165) is 12.3 Å². The highest BCUT2D eigenvalue weighted by molar-refractivity contribution is 5.88. The summed E-state index contributed by atoms with van der Waals surface area (Å²) in [6, 6.07) is 0. The molecule has 2 aliphatic carbocycles. The number of fused-ring (bicyclic) bond motifs is 2. The zero-order valence-corrected chi connectivity index (χ0v) is 13.5. The van der Waals surface area contributed by atoms with Gasteiger partial charge >= 0.3 is 5.97 Å². The van der Waals surface area contributed by atoms with Crippen molar-refractivity contribution < 1.29 is 14.3 Å². The predicted octanol–water partition coefficient (Wildman–Crippen LogP) is 3.73. The molecule has 0 saturated heterocycles. The third-order valence-corrected chi connectivity index (χ3v) is 6.17. The van der Waals surface area contributed by atoms with Gasteiger partial charge in [0.2, 0.25) is 0 Å². The van der Waals surface area contributed by atoms with Crippen LogP contribution in [0.5, 0.6) is 0 Å². The van der Waals surface area contributed by atoms with Gasteiger partial charge in [0.15, 0.2) is 0 Å². The number of carbonyl (C=O) groups excluding carboxylic acids is 1. The Morgan fingerprint density at radius 3 is 2.50 bits per heavy atom. The van der Waals surface area contributed by atoms with Gasteiger partial charge in [-0.05, 0) is 48.5 Å². The van der Waals surface area contributed by atoms with Crippen molar-refractivity contribution in [3.8, 4) is 0 Å². The molecule has 2 bridgehead atoms. The Balaban J connectivity index is 1.96. The number of esters is 1. The first-order valence-corrected chi connectivity index (χ1v) is 7.75. The molecule has 2 rings (SSSR count). The minimum Gasteiger partial charge on any atom is -0.466 e. The first-order valence-electron chi connectivity index (χ1n) is 7.75. The molecule has 2 saturated carbocycles. The van der Waals surface area contributed by atoms with Crippen LogP contribution < -0.4 is 0 Å². The van der Waals surface area contributed by atoms with E-state index < -0.39 is 0 Å². The van der Waals surface area contributed by atoms with Crippen molar-refractivity contribution in [3.63, 3.8) is 0 Å². The Morgan fingerprint density at radius 2 is 2.05 bits per heavy atom. The molecule has 0 aliphatic heterocycles. The lowest BCUT2D eigenvalue weighted by molar-refractivity contribution is -0.136. The van der Waals surface area contributed by atoms with Crippen molar-refractivity contribution in [1.29, 1.82) is 0 Å². The molecule has 2 fully saturated rings. The van der Waals surface area contributed by atoms with Gasteiger partial charge in [0.1, 0.15) is 0 Å². The molecular formula is C17H28O3. The molecule has 114 valence electrons. The lowest BCUT2D eigenvalue weighted by Crippen LogP contribution is -2.37. The average molecular weight is 280 g/mol. The summed E-state index contributed by atoms with van der Waals surface area (Å²) >= 11 is 0. The van der Waals surface area contributed by atoms with Crippen LogP contribution in [0.15, 0.2) is 11.6 Å². The molecule has 0 aromatic rings. The van der Waals surface area contributed by atoms with E-state index in [1.54, 1.807) is 0 Å². The quantitative estimate of drug-likeness (QED) is 0.568. The van der Waals surface area contributed by atoms with E-state index in [1.807, 2.05) is 13.0 Å². The van der Waals surface area contributed by atoms with E-state index in [1.165, 1.54) is 20.0 Å². The first-order chi connectivity index (χ1) is 9.36. The van der Waals surface area contributed by atoms with Gasteiger partial charge in [-0.2, -0.15) is 0 Å². The number of rotatable bonds is 5. The standard InChI is InChI=1S/C17H28O3/c1-6-12(15(18)19-5)8-10-20-14-11-13-7-9-17(14,4)16(13,2)3/h8,13-14H,6-7,9-11H2,1-5H3. The number of hydrogen-bond acceptors (Lipinski definition) is 3. The fourth-order valence-corrected chi connectivity index (χ4v) is 4.15. The topological polar surface area (TPSA) is 35.5 Å². The second-order valence-electron chi connectivity index (χ2n) is 7.01. The second-order valence-corrected chi connectivity index (χ2v) is 7.01. The second kappa shape index (κ2) is 5.51. The van der Waals surface area contributed by atoms with Gasteiger partial charge in [0.25, 0.3) is 0 Å². The van der Waals surface area contributed by atoms with Crippen LogP contribution in [-0.2, 0) is 14.3 Å². The van der Waals surface area contributed by atoms with Crippen LogP contribution in [0.25, 0.3) is 0 Å². The van der Waals surface area contributed by atoms with E-state index in [-0.39, 0.29) is 11.4 Å². The number of carbonyl (C=O) groups is 1. The maximum atomic E-state index is 11.5. The van der Waals surface area contributed by atoms with Crippen molar-refractivity contribution >= 4 is 5.97 Å². The summed E-state index contributed by atoms with van der Waals surface area (Å²) in [7, 11) is 1.42. The van der Waals surface area contributed by atoms with Crippen LogP contribution in [0.2, 0.25) is 0 Å². The van der Waals surface area contributed by atoms with Gasteiger partial charge in [-0.3, -0.25) is 0 Å². The Hall–Kier alpha value is -0.830. The summed E-state index contributed by atoms with van der Waals surface area (Å²) in [5.41, 5.74) is 1.36. The van der Waals surface area contributed by atoms with Crippen molar-refractivity contribution in [2.24, 2.45) is 16.7 Å². The molecule has 2 aliphatic rings. The summed E-state index contributed by atoms with van der Waals surface area (Å²) in [5.74, 6) is 0.545. The van der Waals surface area contributed by atoms with Gasteiger partial charge in [-0.1, -0.05) is 27.7 Å². The van der Waals surface area contributed by atoms with E-state index in [4.69, 9.17) is 9.47 Å². The van der Waals surface area contributed by atoms with Crippen LogP contribution in [0.1, 0.15) is 53.4 Å². The van der Waals surface area contributed by atoms with E-state index in [9.17, 15) is 4.79 Å². The van der Waals surface area contributed by atoms with E-state index in [2.05, 4.69) is 20.8 Å². The Morgan fingerprint density at radius 1 is 1.35 bits per heavy atom. The fraction of sp³-hybridized carbons (Fsp3) is 0.824. The zero-order valence-electron chi connectivity index (χ0n) is 13.5. The van der Waals surface area contributed by atoms with Gasteiger partial charge in [-0.25, -0.2) is 4.79 Å². The average Bonchev–Trinajstić information content (AvgIpc) is 2.75. The minimum absolute atomic E-state index is 0.240. The van der Waals surface area contributed by atoms with Gasteiger partial charge < -0.3 is 9.47 Å². The summed E-state index contributed by atoms with van der Waals surface area (Å²) in [4.78, 5) is 11.5. The van der Waals surface area contributed by atoms with E-state index >= 15 is 0 Å². The van der Waals surface area contributed by atoms with Crippen LogP contribution in [0.3, 0.4) is 0 Å². The molecule has 3 heteroatoms. The van der Waals surface area contributed by atoms with Crippen molar-refractivity contribution in [2.45, 2.75) is 59.5 Å². The largest absolute Gasteiger partial charge is 0.466 e. The van der Waals surface area contributed by atoms with Crippen molar-refractivity contribution in [2.75, 3.05) is 13.7 Å². The molecule has 0 aromatic carbocycles. The van der Waals surface area contributed by atoms with Crippen LogP contribution >= 0.6 is 0 Å². The van der Waals surface area contributed by atoms with Gasteiger partial charge in [0.05, 0.1) is 19.8 Å².